The molecule has 1 saturated carbocycles. The van der Waals surface area contributed by atoms with Crippen LogP contribution in [0.15, 0.2) is 22.7 Å². The highest BCUT2D eigenvalue weighted by atomic mass is 79.9. The van der Waals surface area contributed by atoms with E-state index in [1.165, 1.54) is 18.9 Å². The zero-order valence-corrected chi connectivity index (χ0v) is 9.80. The van der Waals surface area contributed by atoms with Gasteiger partial charge in [0, 0.05) is 12.6 Å². The molecule has 2 rings (SSSR count). The Bertz CT molecular complexity index is 354. The van der Waals surface area contributed by atoms with Crippen LogP contribution < -0.4 is 5.32 Å². The zero-order valence-electron chi connectivity index (χ0n) is 8.21. The molecule has 1 aromatic rings. The monoisotopic (exact) mass is 273 g/mol. The maximum atomic E-state index is 12.9. The molecule has 0 radical (unpaired) electrons. The average Bonchev–Trinajstić information content (AvgIpc) is 3.02. The van der Waals surface area contributed by atoms with Crippen molar-refractivity contribution in [3.63, 3.8) is 0 Å². The van der Waals surface area contributed by atoms with Gasteiger partial charge in [0.05, 0.1) is 10.6 Å². The molecule has 4 heteroatoms. The highest BCUT2D eigenvalue weighted by Crippen LogP contribution is 2.23. The molecule has 1 aromatic carbocycles. The number of rotatable bonds is 4. The molecule has 2 nitrogen and oxygen atoms in total. The minimum absolute atomic E-state index is 0.305. The number of benzene rings is 1. The molecule has 0 aromatic heterocycles. The van der Waals surface area contributed by atoms with E-state index in [0.717, 1.165) is 5.56 Å². The van der Waals surface area contributed by atoms with Crippen molar-refractivity contribution in [3.8, 4) is 0 Å². The Hall–Kier alpha value is -0.450. The fraction of sp³-hybridized carbons (Fsp3) is 0.455. The molecule has 0 bridgehead atoms. The summed E-state index contributed by atoms with van der Waals surface area (Å²) in [4.78, 5) is 0. The zero-order chi connectivity index (χ0) is 10.8. The van der Waals surface area contributed by atoms with E-state index in [4.69, 9.17) is 0 Å². The van der Waals surface area contributed by atoms with Gasteiger partial charge < -0.3 is 10.4 Å². The maximum Gasteiger partial charge on any atom is 0.137 e. The third-order valence-corrected chi connectivity index (χ3v) is 3.11. The van der Waals surface area contributed by atoms with Gasteiger partial charge in [-0.15, -0.1) is 0 Å². The van der Waals surface area contributed by atoms with Crippen LogP contribution in [0.1, 0.15) is 24.5 Å². The van der Waals surface area contributed by atoms with E-state index in [1.807, 2.05) is 0 Å². The van der Waals surface area contributed by atoms with Gasteiger partial charge >= 0.3 is 0 Å². The van der Waals surface area contributed by atoms with Crippen molar-refractivity contribution in [2.24, 2.45) is 0 Å². The van der Waals surface area contributed by atoms with E-state index in [9.17, 15) is 9.50 Å². The van der Waals surface area contributed by atoms with E-state index in [0.29, 0.717) is 17.1 Å². The molecule has 0 saturated heterocycles. The van der Waals surface area contributed by atoms with Crippen LogP contribution >= 0.6 is 15.9 Å². The molecule has 0 aliphatic heterocycles. The summed E-state index contributed by atoms with van der Waals surface area (Å²) >= 11 is 3.10. The van der Waals surface area contributed by atoms with Gasteiger partial charge in [-0.3, -0.25) is 0 Å². The summed E-state index contributed by atoms with van der Waals surface area (Å²) in [7, 11) is 0. The summed E-state index contributed by atoms with van der Waals surface area (Å²) < 4.78 is 13.3. The molecule has 0 heterocycles. The second kappa shape index (κ2) is 4.60. The van der Waals surface area contributed by atoms with Crippen LogP contribution in [0.5, 0.6) is 0 Å². The van der Waals surface area contributed by atoms with Crippen LogP contribution in [0, 0.1) is 5.82 Å². The molecule has 15 heavy (non-hydrogen) atoms. The number of hydrogen-bond donors (Lipinski definition) is 2. The predicted molar refractivity (Wildman–Crippen MR) is 60.1 cm³/mol. The summed E-state index contributed by atoms with van der Waals surface area (Å²) in [5, 5.41) is 13.0. The number of aliphatic hydroxyl groups excluding tert-OH is 1. The van der Waals surface area contributed by atoms with E-state index in [1.54, 1.807) is 12.1 Å². The van der Waals surface area contributed by atoms with Crippen LogP contribution in [0.2, 0.25) is 0 Å². The summed E-state index contributed by atoms with van der Waals surface area (Å²) in [5.74, 6) is -0.305. The van der Waals surface area contributed by atoms with Crippen molar-refractivity contribution < 1.29 is 9.50 Å². The molecule has 1 unspecified atom stereocenters. The number of halogens is 2. The van der Waals surface area contributed by atoms with Crippen LogP contribution in [0.3, 0.4) is 0 Å². The van der Waals surface area contributed by atoms with Gasteiger partial charge in [0.15, 0.2) is 0 Å². The normalized spacial score (nSPS) is 17.8. The van der Waals surface area contributed by atoms with Gasteiger partial charge in [0.1, 0.15) is 5.82 Å². The Morgan fingerprint density at radius 1 is 1.53 bits per heavy atom. The number of aliphatic hydroxyl groups is 1. The maximum absolute atomic E-state index is 12.9. The molecule has 1 atom stereocenters. The van der Waals surface area contributed by atoms with Crippen molar-refractivity contribution in [1.82, 2.24) is 5.32 Å². The van der Waals surface area contributed by atoms with Crippen molar-refractivity contribution in [2.75, 3.05) is 6.54 Å². The smallest absolute Gasteiger partial charge is 0.137 e. The van der Waals surface area contributed by atoms with Crippen LogP contribution in [-0.2, 0) is 0 Å². The lowest BCUT2D eigenvalue weighted by Gasteiger charge is -2.12. The van der Waals surface area contributed by atoms with Crippen LogP contribution in [0.25, 0.3) is 0 Å². The molecule has 1 aliphatic carbocycles. The molecular weight excluding hydrogens is 261 g/mol. The lowest BCUT2D eigenvalue weighted by atomic mass is 10.1. The minimum Gasteiger partial charge on any atom is -0.387 e. The van der Waals surface area contributed by atoms with E-state index in [2.05, 4.69) is 21.2 Å². The fourth-order valence-corrected chi connectivity index (χ4v) is 1.80. The minimum atomic E-state index is -0.567. The largest absolute Gasteiger partial charge is 0.387 e. The quantitative estimate of drug-likeness (QED) is 0.883. The molecule has 0 spiro atoms. The van der Waals surface area contributed by atoms with Gasteiger partial charge in [-0.05, 0) is 46.5 Å². The van der Waals surface area contributed by atoms with E-state index >= 15 is 0 Å². The standard InChI is InChI=1S/C11H13BrFNO/c12-9-5-7(1-4-10(9)13)11(15)6-14-8-2-3-8/h1,4-5,8,11,14-15H,2-3,6H2. The van der Waals surface area contributed by atoms with E-state index < -0.39 is 6.10 Å². The third-order valence-electron chi connectivity index (χ3n) is 2.51. The molecule has 0 amide bonds. The van der Waals surface area contributed by atoms with Gasteiger partial charge in [0.25, 0.3) is 0 Å². The van der Waals surface area contributed by atoms with Crippen molar-refractivity contribution in [1.29, 1.82) is 0 Å². The number of nitrogens with one attached hydrogen (secondary N) is 1. The highest BCUT2D eigenvalue weighted by molar-refractivity contribution is 9.10. The SMILES string of the molecule is OC(CNC1CC1)c1ccc(F)c(Br)c1. The Labute approximate surface area is 96.6 Å². The summed E-state index contributed by atoms with van der Waals surface area (Å²) in [6, 6.07) is 5.16. The Kier molecular flexibility index (Phi) is 3.38. The van der Waals surface area contributed by atoms with Gasteiger partial charge in [-0.25, -0.2) is 4.39 Å². The first-order valence-electron chi connectivity index (χ1n) is 5.03. The van der Waals surface area contributed by atoms with Crippen LogP contribution in [-0.4, -0.2) is 17.7 Å². The second-order valence-electron chi connectivity index (χ2n) is 3.87. The molecule has 1 aliphatic rings. The average molecular weight is 274 g/mol. The lowest BCUT2D eigenvalue weighted by molar-refractivity contribution is 0.174. The van der Waals surface area contributed by atoms with Crippen molar-refractivity contribution in [2.45, 2.75) is 25.0 Å². The second-order valence-corrected chi connectivity index (χ2v) is 4.73. The fourth-order valence-electron chi connectivity index (χ4n) is 1.40. The molecular formula is C11H13BrFNO. The van der Waals surface area contributed by atoms with E-state index in [-0.39, 0.29) is 5.82 Å². The predicted octanol–water partition coefficient (Wildman–Crippen LogP) is 2.37. The Balaban J connectivity index is 1.97. The first kappa shape index (κ1) is 11.0. The third kappa shape index (κ3) is 3.00. The van der Waals surface area contributed by atoms with Gasteiger partial charge in [0.2, 0.25) is 0 Å². The van der Waals surface area contributed by atoms with Crippen molar-refractivity contribution in [3.05, 3.63) is 34.1 Å². The molecule has 2 N–H and O–H groups in total. The number of hydrogen-bond acceptors (Lipinski definition) is 2. The molecule has 82 valence electrons. The first-order chi connectivity index (χ1) is 7.16. The van der Waals surface area contributed by atoms with Crippen molar-refractivity contribution >= 4 is 15.9 Å². The van der Waals surface area contributed by atoms with Crippen LogP contribution in [0.4, 0.5) is 4.39 Å². The Morgan fingerprint density at radius 2 is 2.27 bits per heavy atom. The summed E-state index contributed by atoms with van der Waals surface area (Å²) in [5.41, 5.74) is 0.733. The summed E-state index contributed by atoms with van der Waals surface area (Å²) in [6.45, 7) is 0.530. The van der Waals surface area contributed by atoms with Gasteiger partial charge in [-0.2, -0.15) is 0 Å². The lowest BCUT2D eigenvalue weighted by Crippen LogP contribution is -2.23. The van der Waals surface area contributed by atoms with Gasteiger partial charge in [-0.1, -0.05) is 6.07 Å². The Morgan fingerprint density at radius 3 is 2.87 bits per heavy atom. The topological polar surface area (TPSA) is 32.3 Å². The molecule has 1 fully saturated rings. The first-order valence-corrected chi connectivity index (χ1v) is 5.82. The summed E-state index contributed by atoms with van der Waals surface area (Å²) in [6.07, 6.45) is 1.82. The highest BCUT2D eigenvalue weighted by Gasteiger charge is 2.21.